The third kappa shape index (κ3) is 3.65. The third-order valence-electron chi connectivity index (χ3n) is 4.87. The van der Waals surface area contributed by atoms with Crippen molar-refractivity contribution in [2.24, 2.45) is 5.92 Å². The van der Waals surface area contributed by atoms with E-state index in [4.69, 9.17) is 0 Å². The van der Waals surface area contributed by atoms with Crippen molar-refractivity contribution in [1.82, 2.24) is 9.80 Å². The van der Waals surface area contributed by atoms with Crippen molar-refractivity contribution in [2.45, 2.75) is 19.8 Å². The molecule has 0 unspecified atom stereocenters. The zero-order valence-corrected chi connectivity index (χ0v) is 14.3. The van der Waals surface area contributed by atoms with Crippen LogP contribution in [-0.2, 0) is 14.4 Å². The minimum Gasteiger partial charge on any atom is -0.341 e. The molecule has 3 rings (SSSR count). The summed E-state index contributed by atoms with van der Waals surface area (Å²) in [7, 11) is 0. The van der Waals surface area contributed by atoms with Crippen LogP contribution in [0.15, 0.2) is 24.3 Å². The highest BCUT2D eigenvalue weighted by molar-refractivity contribution is 6.00. The van der Waals surface area contributed by atoms with Crippen molar-refractivity contribution < 1.29 is 18.8 Å². The monoisotopic (exact) mass is 347 g/mol. The molecular formula is C18H22FN3O3. The molecule has 1 aromatic rings. The number of amides is 3. The number of benzene rings is 1. The van der Waals surface area contributed by atoms with Gasteiger partial charge in [-0.25, -0.2) is 4.39 Å². The maximum absolute atomic E-state index is 13.9. The van der Waals surface area contributed by atoms with Crippen molar-refractivity contribution in [1.29, 1.82) is 0 Å². The Hall–Kier alpha value is -2.44. The van der Waals surface area contributed by atoms with Crippen molar-refractivity contribution in [3.63, 3.8) is 0 Å². The topological polar surface area (TPSA) is 60.9 Å². The molecule has 1 atom stereocenters. The van der Waals surface area contributed by atoms with Gasteiger partial charge >= 0.3 is 0 Å². The molecule has 2 aliphatic heterocycles. The van der Waals surface area contributed by atoms with Gasteiger partial charge in [-0.3, -0.25) is 14.4 Å². The summed E-state index contributed by atoms with van der Waals surface area (Å²) < 4.78 is 13.9. The quantitative estimate of drug-likeness (QED) is 0.809. The number of hydrogen-bond donors (Lipinski definition) is 0. The maximum Gasteiger partial charge on any atom is 0.228 e. The summed E-state index contributed by atoms with van der Waals surface area (Å²) in [4.78, 5) is 41.4. The zero-order chi connectivity index (χ0) is 18.0. The van der Waals surface area contributed by atoms with Crippen LogP contribution < -0.4 is 4.90 Å². The van der Waals surface area contributed by atoms with Gasteiger partial charge in [0.25, 0.3) is 0 Å². The lowest BCUT2D eigenvalue weighted by atomic mass is 10.1. The van der Waals surface area contributed by atoms with Gasteiger partial charge in [-0.2, -0.15) is 0 Å². The minimum atomic E-state index is -0.462. The van der Waals surface area contributed by atoms with Gasteiger partial charge in [0.05, 0.1) is 11.6 Å². The van der Waals surface area contributed by atoms with Gasteiger partial charge in [0, 0.05) is 46.1 Å². The van der Waals surface area contributed by atoms with Gasteiger partial charge in [-0.1, -0.05) is 12.1 Å². The lowest BCUT2D eigenvalue weighted by Crippen LogP contribution is -2.40. The summed E-state index contributed by atoms with van der Waals surface area (Å²) in [6.07, 6.45) is 0.823. The van der Waals surface area contributed by atoms with Crippen molar-refractivity contribution in [3.05, 3.63) is 30.1 Å². The van der Waals surface area contributed by atoms with E-state index in [9.17, 15) is 18.8 Å². The average molecular weight is 347 g/mol. The second-order valence-corrected chi connectivity index (χ2v) is 6.54. The molecule has 0 radical (unpaired) electrons. The molecule has 0 aromatic heterocycles. The van der Waals surface area contributed by atoms with E-state index in [2.05, 4.69) is 0 Å². The largest absolute Gasteiger partial charge is 0.341 e. The lowest BCUT2D eigenvalue weighted by molar-refractivity contribution is -0.136. The van der Waals surface area contributed by atoms with Gasteiger partial charge in [0.15, 0.2) is 0 Å². The molecule has 2 fully saturated rings. The van der Waals surface area contributed by atoms with E-state index in [0.717, 1.165) is 6.42 Å². The number of nitrogens with zero attached hydrogens (tertiary/aromatic N) is 3. The zero-order valence-electron chi connectivity index (χ0n) is 14.3. The highest BCUT2D eigenvalue weighted by Crippen LogP contribution is 2.28. The molecule has 2 heterocycles. The SMILES string of the molecule is CC(=O)N1CCCN(C(=O)[C@H]2CC(=O)N(c3ccccc3F)C2)CC1. The first kappa shape index (κ1) is 17.4. The van der Waals surface area contributed by atoms with Crippen LogP contribution in [0.1, 0.15) is 19.8 Å². The Balaban J connectivity index is 1.67. The average Bonchev–Trinajstić information content (AvgIpc) is 2.81. The van der Waals surface area contributed by atoms with Gasteiger partial charge < -0.3 is 14.7 Å². The molecule has 6 nitrogen and oxygen atoms in total. The van der Waals surface area contributed by atoms with Crippen LogP contribution in [0.5, 0.6) is 0 Å². The molecular weight excluding hydrogens is 325 g/mol. The van der Waals surface area contributed by atoms with Gasteiger partial charge in [0.2, 0.25) is 17.7 Å². The molecule has 3 amide bonds. The molecule has 134 valence electrons. The number of rotatable bonds is 2. The molecule has 0 N–H and O–H groups in total. The molecule has 0 saturated carbocycles. The Morgan fingerprint density at radius 2 is 1.76 bits per heavy atom. The maximum atomic E-state index is 13.9. The van der Waals surface area contributed by atoms with Crippen molar-refractivity contribution in [3.8, 4) is 0 Å². The van der Waals surface area contributed by atoms with Crippen LogP contribution in [0.2, 0.25) is 0 Å². The smallest absolute Gasteiger partial charge is 0.228 e. The highest BCUT2D eigenvalue weighted by Gasteiger charge is 2.38. The van der Waals surface area contributed by atoms with E-state index < -0.39 is 11.7 Å². The fourth-order valence-corrected chi connectivity index (χ4v) is 3.49. The molecule has 2 saturated heterocycles. The van der Waals surface area contributed by atoms with Gasteiger partial charge in [-0.05, 0) is 18.6 Å². The Morgan fingerprint density at radius 1 is 1.08 bits per heavy atom. The number of para-hydroxylation sites is 1. The molecule has 1 aromatic carbocycles. The molecule has 25 heavy (non-hydrogen) atoms. The van der Waals surface area contributed by atoms with Gasteiger partial charge in [-0.15, -0.1) is 0 Å². The van der Waals surface area contributed by atoms with Crippen LogP contribution >= 0.6 is 0 Å². The number of halogens is 1. The van der Waals surface area contributed by atoms with E-state index in [-0.39, 0.29) is 36.4 Å². The standard InChI is InChI=1S/C18H22FN3O3/c1-13(23)20-7-4-8-21(10-9-20)18(25)14-11-17(24)22(12-14)16-6-3-2-5-15(16)19/h2-3,5-6,14H,4,7-12H2,1H3/t14-/m0/s1. The van der Waals surface area contributed by atoms with E-state index >= 15 is 0 Å². The molecule has 0 bridgehead atoms. The third-order valence-corrected chi connectivity index (χ3v) is 4.87. The van der Waals surface area contributed by atoms with E-state index in [1.807, 2.05) is 0 Å². The van der Waals surface area contributed by atoms with E-state index in [1.54, 1.807) is 28.0 Å². The predicted octanol–water partition coefficient (Wildman–Crippen LogP) is 1.26. The number of carbonyl (C=O) groups is 3. The van der Waals surface area contributed by atoms with Crippen molar-refractivity contribution in [2.75, 3.05) is 37.6 Å². The molecule has 0 spiro atoms. The normalized spacial score (nSPS) is 21.4. The van der Waals surface area contributed by atoms with Crippen LogP contribution in [0.3, 0.4) is 0 Å². The van der Waals surface area contributed by atoms with Crippen molar-refractivity contribution >= 4 is 23.4 Å². The summed E-state index contributed by atoms with van der Waals surface area (Å²) in [6.45, 7) is 3.93. The fourth-order valence-electron chi connectivity index (χ4n) is 3.49. The van der Waals surface area contributed by atoms with Crippen LogP contribution in [0, 0.1) is 11.7 Å². The summed E-state index contributed by atoms with van der Waals surface area (Å²) in [5.74, 6) is -1.23. The Bertz CT molecular complexity index is 694. The second-order valence-electron chi connectivity index (χ2n) is 6.54. The summed E-state index contributed by atoms with van der Waals surface area (Å²) in [5.41, 5.74) is 0.224. The first-order valence-corrected chi connectivity index (χ1v) is 8.56. The molecule has 2 aliphatic rings. The summed E-state index contributed by atoms with van der Waals surface area (Å²) >= 11 is 0. The second kappa shape index (κ2) is 7.21. The first-order chi connectivity index (χ1) is 12.0. The first-order valence-electron chi connectivity index (χ1n) is 8.56. The van der Waals surface area contributed by atoms with E-state index in [1.165, 1.54) is 17.9 Å². The van der Waals surface area contributed by atoms with Crippen LogP contribution in [-0.4, -0.2) is 60.2 Å². The Morgan fingerprint density at radius 3 is 2.48 bits per heavy atom. The highest BCUT2D eigenvalue weighted by atomic mass is 19.1. The Labute approximate surface area is 146 Å². The van der Waals surface area contributed by atoms with Crippen LogP contribution in [0.4, 0.5) is 10.1 Å². The van der Waals surface area contributed by atoms with Gasteiger partial charge in [0.1, 0.15) is 5.82 Å². The predicted molar refractivity (Wildman–Crippen MR) is 90.3 cm³/mol. The number of anilines is 1. The minimum absolute atomic E-state index is 0.0103. The van der Waals surface area contributed by atoms with Crippen LogP contribution in [0.25, 0.3) is 0 Å². The number of hydrogen-bond acceptors (Lipinski definition) is 3. The molecule has 0 aliphatic carbocycles. The molecule has 7 heteroatoms. The van der Waals surface area contributed by atoms with E-state index in [0.29, 0.717) is 26.2 Å². The summed E-state index contributed by atoms with van der Waals surface area (Å²) in [6, 6.07) is 6.10. The Kier molecular flexibility index (Phi) is 5.01. The fraction of sp³-hybridized carbons (Fsp3) is 0.500. The lowest BCUT2D eigenvalue weighted by Gasteiger charge is -2.24. The number of carbonyl (C=O) groups excluding carboxylic acids is 3. The summed E-state index contributed by atoms with van der Waals surface area (Å²) in [5, 5.41) is 0.